The predicted molar refractivity (Wildman–Crippen MR) is 75.2 cm³/mol. The lowest BCUT2D eigenvalue weighted by molar-refractivity contribution is 0.602. The fraction of sp³-hybridized carbons (Fsp3) is 0.250. The Balaban J connectivity index is 2.23. The van der Waals surface area contributed by atoms with Crippen molar-refractivity contribution in [3.8, 4) is 0 Å². The summed E-state index contributed by atoms with van der Waals surface area (Å²) in [5.74, 6) is 0. The molecule has 0 saturated heterocycles. The van der Waals surface area contributed by atoms with Crippen LogP contribution in [-0.4, -0.2) is 24.6 Å². The summed E-state index contributed by atoms with van der Waals surface area (Å²) in [4.78, 5) is 7.36. The van der Waals surface area contributed by atoms with Crippen molar-refractivity contribution >= 4 is 27.1 Å². The Morgan fingerprint density at radius 2 is 2.16 bits per heavy atom. The molecule has 102 valence electrons. The van der Waals surface area contributed by atoms with Crippen LogP contribution in [0.4, 0.5) is 5.69 Å². The van der Waals surface area contributed by atoms with Gasteiger partial charge >= 0.3 is 0 Å². The first kappa shape index (κ1) is 13.9. The smallest absolute Gasteiger partial charge is 0.175 e. The molecule has 0 unspecified atom stereocenters. The van der Waals surface area contributed by atoms with Crippen LogP contribution < -0.4 is 5.32 Å². The van der Waals surface area contributed by atoms with E-state index in [1.807, 2.05) is 6.92 Å². The van der Waals surface area contributed by atoms with E-state index in [9.17, 15) is 8.42 Å². The van der Waals surface area contributed by atoms with Gasteiger partial charge in [-0.2, -0.15) is 0 Å². The molecule has 19 heavy (non-hydrogen) atoms. The molecule has 1 aromatic carbocycles. The van der Waals surface area contributed by atoms with Crippen LogP contribution in [0.15, 0.2) is 29.4 Å². The summed E-state index contributed by atoms with van der Waals surface area (Å²) in [5, 5.41) is 3.56. The Bertz CT molecular complexity index is 695. The van der Waals surface area contributed by atoms with E-state index in [0.29, 0.717) is 17.3 Å². The predicted octanol–water partition coefficient (Wildman–Crippen LogP) is 2.39. The number of rotatable bonds is 4. The first-order valence-electron chi connectivity index (χ1n) is 5.60. The Hall–Kier alpha value is -1.53. The zero-order valence-corrected chi connectivity index (χ0v) is 12.1. The van der Waals surface area contributed by atoms with Crippen LogP contribution in [0.1, 0.15) is 11.4 Å². The van der Waals surface area contributed by atoms with E-state index in [1.54, 1.807) is 12.4 Å². The summed E-state index contributed by atoms with van der Waals surface area (Å²) in [6.07, 6.45) is 2.78. The highest BCUT2D eigenvalue weighted by atomic mass is 35.5. The third-order valence-corrected chi connectivity index (χ3v) is 4.19. The maximum absolute atomic E-state index is 11.5. The Morgan fingerprint density at radius 3 is 2.74 bits per heavy atom. The summed E-state index contributed by atoms with van der Waals surface area (Å²) in [6.45, 7) is 2.39. The van der Waals surface area contributed by atoms with Crippen LogP contribution in [0.3, 0.4) is 0 Å². The number of nitrogens with one attached hydrogen (secondary N) is 2. The molecule has 2 aromatic rings. The van der Waals surface area contributed by atoms with E-state index in [0.717, 1.165) is 17.6 Å². The van der Waals surface area contributed by atoms with Gasteiger partial charge in [-0.3, -0.25) is 0 Å². The number of aryl methyl sites for hydroxylation is 1. The number of aromatic amines is 1. The van der Waals surface area contributed by atoms with Crippen LogP contribution in [-0.2, 0) is 16.4 Å². The number of sulfone groups is 1. The number of halogens is 1. The van der Waals surface area contributed by atoms with E-state index in [4.69, 9.17) is 11.6 Å². The summed E-state index contributed by atoms with van der Waals surface area (Å²) >= 11 is 6.04. The van der Waals surface area contributed by atoms with E-state index < -0.39 is 9.84 Å². The topological polar surface area (TPSA) is 74.8 Å². The summed E-state index contributed by atoms with van der Waals surface area (Å²) in [6, 6.07) is 4.58. The summed E-state index contributed by atoms with van der Waals surface area (Å²) < 4.78 is 23.0. The van der Waals surface area contributed by atoms with Gasteiger partial charge in [-0.25, -0.2) is 13.4 Å². The van der Waals surface area contributed by atoms with Crippen LogP contribution in [0, 0.1) is 6.92 Å². The summed E-state index contributed by atoms with van der Waals surface area (Å²) in [7, 11) is -3.24. The van der Waals surface area contributed by atoms with Crippen LogP contribution in [0.25, 0.3) is 0 Å². The Labute approximate surface area is 116 Å². The number of hydrogen-bond donors (Lipinski definition) is 2. The number of anilines is 1. The van der Waals surface area contributed by atoms with E-state index in [-0.39, 0.29) is 4.90 Å². The fourth-order valence-electron chi connectivity index (χ4n) is 1.61. The number of imidazole rings is 1. The van der Waals surface area contributed by atoms with Gasteiger partial charge in [0.15, 0.2) is 9.84 Å². The first-order chi connectivity index (χ1) is 8.88. The molecule has 1 aromatic heterocycles. The molecule has 5 nitrogen and oxygen atoms in total. The fourth-order valence-corrected chi connectivity index (χ4v) is 2.45. The first-order valence-corrected chi connectivity index (χ1v) is 7.87. The lowest BCUT2D eigenvalue weighted by Gasteiger charge is -2.09. The normalized spacial score (nSPS) is 11.5. The minimum Gasteiger partial charge on any atom is -0.378 e. The van der Waals surface area contributed by atoms with Gasteiger partial charge in [0.1, 0.15) is 0 Å². The lowest BCUT2D eigenvalue weighted by atomic mass is 10.3. The SMILES string of the molecule is Cc1[nH]cnc1CNc1cc(S(C)(=O)=O)ccc1Cl. The van der Waals surface area contributed by atoms with Crippen molar-refractivity contribution in [3.63, 3.8) is 0 Å². The van der Waals surface area contributed by atoms with Crippen molar-refractivity contribution in [2.24, 2.45) is 0 Å². The molecule has 0 aliphatic heterocycles. The average Bonchev–Trinajstić information content (AvgIpc) is 2.72. The minimum atomic E-state index is -3.24. The van der Waals surface area contributed by atoms with Gasteiger partial charge in [-0.1, -0.05) is 11.6 Å². The number of H-pyrrole nitrogens is 1. The number of hydrogen-bond acceptors (Lipinski definition) is 4. The van der Waals surface area contributed by atoms with E-state index >= 15 is 0 Å². The molecule has 2 N–H and O–H groups in total. The molecule has 0 fully saturated rings. The number of aromatic nitrogens is 2. The van der Waals surface area contributed by atoms with Gasteiger partial charge < -0.3 is 10.3 Å². The van der Waals surface area contributed by atoms with Gasteiger partial charge in [0, 0.05) is 11.9 Å². The van der Waals surface area contributed by atoms with Gasteiger partial charge in [0.05, 0.1) is 34.2 Å². The Morgan fingerprint density at radius 1 is 1.42 bits per heavy atom. The third kappa shape index (κ3) is 3.27. The molecule has 0 saturated carbocycles. The summed E-state index contributed by atoms with van der Waals surface area (Å²) in [5.41, 5.74) is 2.40. The van der Waals surface area contributed by atoms with Crippen molar-refractivity contribution in [1.82, 2.24) is 9.97 Å². The molecule has 7 heteroatoms. The van der Waals surface area contributed by atoms with Crippen molar-refractivity contribution < 1.29 is 8.42 Å². The molecule has 2 rings (SSSR count). The number of nitrogens with zero attached hydrogens (tertiary/aromatic N) is 1. The van der Waals surface area contributed by atoms with Crippen LogP contribution >= 0.6 is 11.6 Å². The molecular weight excluding hydrogens is 286 g/mol. The molecular formula is C12H14ClN3O2S. The molecule has 0 radical (unpaired) electrons. The highest BCUT2D eigenvalue weighted by Crippen LogP contribution is 2.25. The number of benzene rings is 1. The van der Waals surface area contributed by atoms with Gasteiger partial charge in [-0.05, 0) is 25.1 Å². The largest absolute Gasteiger partial charge is 0.378 e. The van der Waals surface area contributed by atoms with Gasteiger partial charge in [0.25, 0.3) is 0 Å². The second kappa shape index (κ2) is 5.22. The molecule has 0 spiro atoms. The molecule has 0 atom stereocenters. The second-order valence-electron chi connectivity index (χ2n) is 4.24. The van der Waals surface area contributed by atoms with E-state index in [1.165, 1.54) is 12.1 Å². The maximum atomic E-state index is 11.5. The molecule has 0 aliphatic carbocycles. The quantitative estimate of drug-likeness (QED) is 0.909. The lowest BCUT2D eigenvalue weighted by Crippen LogP contribution is -2.04. The zero-order chi connectivity index (χ0) is 14.0. The van der Waals surface area contributed by atoms with Crippen LogP contribution in [0.2, 0.25) is 5.02 Å². The Kier molecular flexibility index (Phi) is 3.82. The van der Waals surface area contributed by atoms with Crippen molar-refractivity contribution in [1.29, 1.82) is 0 Å². The van der Waals surface area contributed by atoms with Crippen LogP contribution in [0.5, 0.6) is 0 Å². The molecule has 0 aliphatic rings. The highest BCUT2D eigenvalue weighted by Gasteiger charge is 2.10. The highest BCUT2D eigenvalue weighted by molar-refractivity contribution is 7.90. The van der Waals surface area contributed by atoms with Crippen molar-refractivity contribution in [3.05, 3.63) is 40.9 Å². The standard InChI is InChI=1S/C12H14ClN3O2S/c1-8-12(16-7-15-8)6-14-11-5-9(19(2,17)18)3-4-10(11)13/h3-5,7,14H,6H2,1-2H3,(H,15,16). The zero-order valence-electron chi connectivity index (χ0n) is 10.6. The molecule has 0 bridgehead atoms. The van der Waals surface area contributed by atoms with Crippen molar-refractivity contribution in [2.75, 3.05) is 11.6 Å². The minimum absolute atomic E-state index is 0.234. The monoisotopic (exact) mass is 299 g/mol. The molecule has 1 heterocycles. The van der Waals surface area contributed by atoms with Gasteiger partial charge in [0.2, 0.25) is 0 Å². The molecule has 0 amide bonds. The van der Waals surface area contributed by atoms with Crippen molar-refractivity contribution in [2.45, 2.75) is 18.4 Å². The maximum Gasteiger partial charge on any atom is 0.175 e. The third-order valence-electron chi connectivity index (χ3n) is 2.75. The average molecular weight is 300 g/mol. The second-order valence-corrected chi connectivity index (χ2v) is 6.66. The van der Waals surface area contributed by atoms with E-state index in [2.05, 4.69) is 15.3 Å². The van der Waals surface area contributed by atoms with Gasteiger partial charge in [-0.15, -0.1) is 0 Å².